The van der Waals surface area contributed by atoms with Gasteiger partial charge in [-0.3, -0.25) is 37.3 Å². The van der Waals surface area contributed by atoms with Crippen molar-refractivity contribution in [3.63, 3.8) is 0 Å². The standard InChI is InChI=1S/C89H146O17P2/c1-5-9-13-17-21-25-29-33-37-39-41-43-47-49-53-57-61-65-69-73-86(91)99-79-84(105-88(93)75-71-67-63-59-55-51-45-35-31-27-23-19-15-11-7-3)81-103-107(95,96)101-77-83(90)78-102-108(97,98)104-82-85(106-89(94)76-72-68-64-60-56-52-46-36-32-28-24-20-16-12-8-4)80-100-87(92)74-70-66-62-58-54-50-48-44-42-40-38-34-30-26-22-18-14-10-6-2/h9-11,13-15,21-23,25-27,33-38,41-46,49,53,61,65,83-85,90H,5-8,12,16-20,24,28-32,39-40,47-48,50-52,54-60,62-64,66-82H2,1-4H3,(H,95,96)(H,97,98)/b13-9-,14-10-,15-11-,25-21-,26-22-,27-23-,37-33-,38-34-,43-41-,44-42-,45-35-,46-36-,53-49-,65-61-. The summed E-state index contributed by atoms with van der Waals surface area (Å²) in [6.07, 6.45) is 94.8. The molecule has 0 radical (unpaired) electrons. The first-order valence-corrected chi connectivity index (χ1v) is 44.4. The highest BCUT2D eigenvalue weighted by Gasteiger charge is 2.30. The second kappa shape index (κ2) is 79.5. The molecule has 0 aliphatic heterocycles. The first-order valence-electron chi connectivity index (χ1n) is 41.4. The second-order valence-corrected chi connectivity index (χ2v) is 29.8. The van der Waals surface area contributed by atoms with Gasteiger partial charge in [0.2, 0.25) is 0 Å². The molecule has 19 heteroatoms. The molecule has 0 aliphatic rings. The summed E-state index contributed by atoms with van der Waals surface area (Å²) in [7, 11) is -10.0. The zero-order chi connectivity index (χ0) is 78.9. The maximum atomic E-state index is 13.1. The molecular weight excluding hydrogens is 1400 g/mol. The Bertz CT molecular complexity index is 2710. The Hall–Kier alpha value is -5.58. The van der Waals surface area contributed by atoms with Gasteiger partial charge >= 0.3 is 39.5 Å². The fourth-order valence-electron chi connectivity index (χ4n) is 10.5. The first kappa shape index (κ1) is 102. The third kappa shape index (κ3) is 78.5. The van der Waals surface area contributed by atoms with Crippen molar-refractivity contribution < 1.29 is 80.2 Å². The van der Waals surface area contributed by atoms with Crippen molar-refractivity contribution in [2.75, 3.05) is 39.6 Å². The molecule has 0 aromatic heterocycles. The van der Waals surface area contributed by atoms with Crippen LogP contribution in [0.15, 0.2) is 170 Å². The van der Waals surface area contributed by atoms with Crippen molar-refractivity contribution in [2.45, 2.75) is 329 Å². The van der Waals surface area contributed by atoms with E-state index >= 15 is 0 Å². The summed E-state index contributed by atoms with van der Waals surface area (Å²) in [5, 5.41) is 10.7. The molecule has 108 heavy (non-hydrogen) atoms. The number of aliphatic hydroxyl groups excluding tert-OH is 1. The van der Waals surface area contributed by atoms with Gasteiger partial charge < -0.3 is 33.8 Å². The Kier molecular flexibility index (Phi) is 75.4. The van der Waals surface area contributed by atoms with E-state index in [9.17, 15) is 43.2 Å². The third-order valence-electron chi connectivity index (χ3n) is 16.7. The molecule has 0 aromatic rings. The predicted octanol–water partition coefficient (Wildman–Crippen LogP) is 24.6. The first-order chi connectivity index (χ1) is 52.7. The molecule has 5 unspecified atom stereocenters. The smallest absolute Gasteiger partial charge is 0.462 e. The number of carbonyl (C=O) groups is 4. The minimum Gasteiger partial charge on any atom is -0.462 e. The number of aliphatic hydroxyl groups is 1. The minimum absolute atomic E-state index is 0.0265. The molecule has 0 bridgehead atoms. The lowest BCUT2D eigenvalue weighted by Gasteiger charge is -2.21. The van der Waals surface area contributed by atoms with Gasteiger partial charge in [-0.1, -0.05) is 294 Å². The lowest BCUT2D eigenvalue weighted by molar-refractivity contribution is -0.161. The summed E-state index contributed by atoms with van der Waals surface area (Å²) in [4.78, 5) is 73.1. The van der Waals surface area contributed by atoms with Crippen LogP contribution in [-0.2, 0) is 65.4 Å². The highest BCUT2D eigenvalue weighted by atomic mass is 31.2. The quantitative estimate of drug-likeness (QED) is 0.0169. The molecule has 0 aromatic carbocycles. The SMILES string of the molecule is CC/C=C\C/C=C\C/C=C\C/C=C\C/C=C\C/C=C\CCC(=O)OCC(COP(=O)(O)OCC(O)COP(=O)(O)OCC(COC(=O)CCCCCCCC/C=C\C/C=C\C/C=C\C/C=C\CC)OC(=O)CCCCCCC/C=C\CCCCCCCC)OC(=O)CCCCCCC/C=C\C/C=C\C/C=C\CC. The molecule has 0 fully saturated rings. The van der Waals surface area contributed by atoms with Crippen LogP contribution in [0.2, 0.25) is 0 Å². The third-order valence-corrected chi connectivity index (χ3v) is 18.6. The van der Waals surface area contributed by atoms with E-state index in [0.717, 1.165) is 186 Å². The Morgan fingerprint density at radius 3 is 0.806 bits per heavy atom. The predicted molar refractivity (Wildman–Crippen MR) is 445 cm³/mol. The maximum absolute atomic E-state index is 13.1. The summed E-state index contributed by atoms with van der Waals surface area (Å²) in [6, 6.07) is 0. The van der Waals surface area contributed by atoms with Crippen LogP contribution in [0.3, 0.4) is 0 Å². The van der Waals surface area contributed by atoms with Crippen LogP contribution < -0.4 is 0 Å². The zero-order valence-corrected chi connectivity index (χ0v) is 69.0. The van der Waals surface area contributed by atoms with Crippen LogP contribution >= 0.6 is 15.6 Å². The lowest BCUT2D eigenvalue weighted by atomic mass is 10.1. The van der Waals surface area contributed by atoms with Crippen LogP contribution in [0.1, 0.15) is 310 Å². The van der Waals surface area contributed by atoms with E-state index < -0.39 is 97.5 Å². The molecule has 0 saturated carbocycles. The van der Waals surface area contributed by atoms with E-state index in [1.165, 1.54) is 38.5 Å². The van der Waals surface area contributed by atoms with E-state index in [1.54, 1.807) is 0 Å². The molecule has 0 saturated heterocycles. The number of unbranched alkanes of at least 4 members (excludes halogenated alkanes) is 22. The summed E-state index contributed by atoms with van der Waals surface area (Å²) >= 11 is 0. The van der Waals surface area contributed by atoms with Crippen molar-refractivity contribution in [1.29, 1.82) is 0 Å². The van der Waals surface area contributed by atoms with Crippen molar-refractivity contribution in [3.05, 3.63) is 170 Å². The lowest BCUT2D eigenvalue weighted by Crippen LogP contribution is -2.30. The molecule has 0 heterocycles. The number of phosphoric acid groups is 2. The molecule has 17 nitrogen and oxygen atoms in total. The normalized spacial score (nSPS) is 14.7. The van der Waals surface area contributed by atoms with Gasteiger partial charge in [-0.2, -0.15) is 0 Å². The van der Waals surface area contributed by atoms with Crippen molar-refractivity contribution in [2.24, 2.45) is 0 Å². The fourth-order valence-corrected chi connectivity index (χ4v) is 12.1. The summed E-state index contributed by atoms with van der Waals surface area (Å²) in [6.45, 7) is 4.41. The van der Waals surface area contributed by atoms with E-state index in [1.807, 2.05) is 18.2 Å². The van der Waals surface area contributed by atoms with Crippen LogP contribution in [0.5, 0.6) is 0 Å². The zero-order valence-electron chi connectivity index (χ0n) is 67.2. The summed E-state index contributed by atoms with van der Waals surface area (Å²) in [5.41, 5.74) is 0. The summed E-state index contributed by atoms with van der Waals surface area (Å²) in [5.74, 6) is -2.32. The van der Waals surface area contributed by atoms with Gasteiger partial charge in [0.1, 0.15) is 19.3 Å². The Morgan fingerprint density at radius 1 is 0.269 bits per heavy atom. The van der Waals surface area contributed by atoms with Crippen LogP contribution in [-0.4, -0.2) is 96.7 Å². The molecule has 3 N–H and O–H groups in total. The second-order valence-electron chi connectivity index (χ2n) is 26.9. The van der Waals surface area contributed by atoms with Gasteiger partial charge in [-0.05, 0) is 161 Å². The molecule has 0 spiro atoms. The average Bonchev–Trinajstić information content (AvgIpc) is 0.923. The number of hydrogen-bond donors (Lipinski definition) is 3. The van der Waals surface area contributed by atoms with E-state index in [4.69, 9.17) is 37.0 Å². The van der Waals surface area contributed by atoms with E-state index in [2.05, 4.69) is 180 Å². The molecular formula is C89H146O17P2. The van der Waals surface area contributed by atoms with E-state index in [0.29, 0.717) is 32.1 Å². The van der Waals surface area contributed by atoms with Gasteiger partial charge in [0.25, 0.3) is 0 Å². The van der Waals surface area contributed by atoms with E-state index in [-0.39, 0.29) is 25.7 Å². The maximum Gasteiger partial charge on any atom is 0.472 e. The highest BCUT2D eigenvalue weighted by molar-refractivity contribution is 7.47. The Balaban J connectivity index is 5.46. The number of esters is 4. The highest BCUT2D eigenvalue weighted by Crippen LogP contribution is 2.45. The van der Waals surface area contributed by atoms with Crippen molar-refractivity contribution in [3.8, 4) is 0 Å². The number of allylic oxidation sites excluding steroid dienone is 28. The number of phosphoric ester groups is 2. The summed E-state index contributed by atoms with van der Waals surface area (Å²) < 4.78 is 68.6. The molecule has 614 valence electrons. The fraction of sp³-hybridized carbons (Fsp3) is 0.640. The van der Waals surface area contributed by atoms with Gasteiger partial charge in [0, 0.05) is 25.7 Å². The van der Waals surface area contributed by atoms with Gasteiger partial charge in [0.15, 0.2) is 12.2 Å². The average molecular weight is 1550 g/mol. The Labute approximate surface area is 654 Å². The topological polar surface area (TPSA) is 237 Å². The number of rotatable bonds is 76. The van der Waals surface area contributed by atoms with Gasteiger partial charge in [-0.15, -0.1) is 0 Å². The van der Waals surface area contributed by atoms with Crippen LogP contribution in [0, 0.1) is 0 Å². The molecule has 5 atom stereocenters. The monoisotopic (exact) mass is 1550 g/mol. The number of hydrogen-bond acceptors (Lipinski definition) is 15. The largest absolute Gasteiger partial charge is 0.472 e. The molecule has 0 amide bonds. The van der Waals surface area contributed by atoms with Crippen molar-refractivity contribution in [1.82, 2.24) is 0 Å². The van der Waals surface area contributed by atoms with Crippen molar-refractivity contribution >= 4 is 39.5 Å². The van der Waals surface area contributed by atoms with Crippen LogP contribution in [0.4, 0.5) is 0 Å². The Morgan fingerprint density at radius 2 is 0.500 bits per heavy atom. The minimum atomic E-state index is -5.01. The van der Waals surface area contributed by atoms with Gasteiger partial charge in [-0.25, -0.2) is 9.13 Å². The van der Waals surface area contributed by atoms with Gasteiger partial charge in [0.05, 0.1) is 26.4 Å². The number of carbonyl (C=O) groups excluding carboxylic acids is 4. The number of ether oxygens (including phenoxy) is 4. The molecule has 0 rings (SSSR count). The molecule has 0 aliphatic carbocycles. The van der Waals surface area contributed by atoms with Crippen LogP contribution in [0.25, 0.3) is 0 Å².